The Morgan fingerprint density at radius 1 is 1.03 bits per heavy atom. The Labute approximate surface area is 191 Å². The Bertz CT molecular complexity index is 1170. The van der Waals surface area contributed by atoms with Gasteiger partial charge < -0.3 is 9.88 Å². The van der Waals surface area contributed by atoms with E-state index in [4.69, 9.17) is 0 Å². The normalized spacial score (nSPS) is 11.3. The molecule has 0 radical (unpaired) electrons. The van der Waals surface area contributed by atoms with Crippen molar-refractivity contribution in [3.05, 3.63) is 93.3 Å². The lowest BCUT2D eigenvalue weighted by molar-refractivity contribution is -0.117. The van der Waals surface area contributed by atoms with Gasteiger partial charge in [-0.3, -0.25) is 4.79 Å². The second-order valence-corrected chi connectivity index (χ2v) is 8.42. The van der Waals surface area contributed by atoms with Gasteiger partial charge in [-0.05, 0) is 81.9 Å². The number of benzene rings is 2. The third kappa shape index (κ3) is 5.18. The number of nitrogens with zero attached hydrogens (tertiary/aromatic N) is 2. The zero-order valence-electron chi connectivity index (χ0n) is 19.6. The van der Waals surface area contributed by atoms with Gasteiger partial charge in [-0.1, -0.05) is 48.0 Å². The molecule has 1 heterocycles. The maximum absolute atomic E-state index is 12.6. The molecule has 32 heavy (non-hydrogen) atoms. The van der Waals surface area contributed by atoms with Gasteiger partial charge in [-0.2, -0.15) is 5.26 Å². The summed E-state index contributed by atoms with van der Waals surface area (Å²) < 4.78 is 2.21. The number of aromatic nitrogens is 1. The van der Waals surface area contributed by atoms with E-state index in [9.17, 15) is 10.1 Å². The number of carbonyl (C=O) groups is 1. The van der Waals surface area contributed by atoms with Gasteiger partial charge in [-0.15, -0.1) is 0 Å². The second-order valence-electron chi connectivity index (χ2n) is 8.42. The zero-order chi connectivity index (χ0) is 23.3. The van der Waals surface area contributed by atoms with Crippen LogP contribution in [0.4, 0.5) is 0 Å². The van der Waals surface area contributed by atoms with Crippen molar-refractivity contribution in [2.45, 2.75) is 47.5 Å². The highest BCUT2D eigenvalue weighted by molar-refractivity contribution is 6.01. The summed E-state index contributed by atoms with van der Waals surface area (Å²) in [5.41, 5.74) is 9.16. The summed E-state index contributed by atoms with van der Waals surface area (Å²) in [5.74, 6) is -0.326. The smallest absolute Gasteiger partial charge is 0.261 e. The Morgan fingerprint density at radius 3 is 2.31 bits per heavy atom. The molecule has 0 fully saturated rings. The predicted octanol–water partition coefficient (Wildman–Crippen LogP) is 5.68. The van der Waals surface area contributed by atoms with E-state index in [1.54, 1.807) is 6.08 Å². The fourth-order valence-corrected chi connectivity index (χ4v) is 4.34. The van der Waals surface area contributed by atoms with Gasteiger partial charge in [0.15, 0.2) is 0 Å². The molecule has 4 nitrogen and oxygen atoms in total. The number of aryl methyl sites for hydroxylation is 5. The molecule has 1 N–H and O–H groups in total. The molecular formula is C28H31N3O. The van der Waals surface area contributed by atoms with Crippen LogP contribution in [0.5, 0.6) is 0 Å². The summed E-state index contributed by atoms with van der Waals surface area (Å²) in [6.07, 6.45) is 3.42. The minimum atomic E-state index is -0.326. The molecule has 0 aliphatic rings. The first-order chi connectivity index (χ1) is 15.3. The van der Waals surface area contributed by atoms with Crippen LogP contribution in [0.1, 0.15) is 45.6 Å². The molecule has 0 saturated heterocycles. The largest absolute Gasteiger partial charge is 0.351 e. The Balaban J connectivity index is 1.77. The molecule has 4 heteroatoms. The number of nitriles is 1. The SMILES string of the molecule is Cc1cc(C)c(-n2c(C)cc(/C=C(/C#N)C(=O)NCCCc3ccccc3)c2C)c(C)c1. The van der Waals surface area contributed by atoms with E-state index in [0.29, 0.717) is 6.54 Å². The number of hydrogen-bond donors (Lipinski definition) is 1. The Morgan fingerprint density at radius 2 is 1.69 bits per heavy atom. The third-order valence-electron chi connectivity index (χ3n) is 5.76. The van der Waals surface area contributed by atoms with E-state index < -0.39 is 0 Å². The molecule has 0 bridgehead atoms. The number of nitrogens with one attached hydrogen (secondary N) is 1. The highest BCUT2D eigenvalue weighted by Crippen LogP contribution is 2.28. The van der Waals surface area contributed by atoms with Crippen molar-refractivity contribution in [3.63, 3.8) is 0 Å². The van der Waals surface area contributed by atoms with Crippen LogP contribution in [0.25, 0.3) is 11.8 Å². The van der Waals surface area contributed by atoms with Gasteiger partial charge in [0.05, 0.1) is 5.69 Å². The molecule has 2 aromatic carbocycles. The molecule has 1 amide bonds. The number of hydrogen-bond acceptors (Lipinski definition) is 2. The van der Waals surface area contributed by atoms with Crippen molar-refractivity contribution in [2.24, 2.45) is 0 Å². The number of amides is 1. The van der Waals surface area contributed by atoms with Crippen LogP contribution in [0, 0.1) is 45.9 Å². The molecule has 164 valence electrons. The maximum Gasteiger partial charge on any atom is 0.261 e. The quantitative estimate of drug-likeness (QED) is 0.301. The zero-order valence-corrected chi connectivity index (χ0v) is 19.6. The van der Waals surface area contributed by atoms with Gasteiger partial charge in [0.25, 0.3) is 5.91 Å². The number of rotatable bonds is 7. The van der Waals surface area contributed by atoms with Crippen LogP contribution >= 0.6 is 0 Å². The van der Waals surface area contributed by atoms with Crippen LogP contribution in [-0.4, -0.2) is 17.0 Å². The minimum absolute atomic E-state index is 0.127. The van der Waals surface area contributed by atoms with E-state index in [-0.39, 0.29) is 11.5 Å². The monoisotopic (exact) mass is 425 g/mol. The highest BCUT2D eigenvalue weighted by atomic mass is 16.1. The molecule has 0 aliphatic carbocycles. The molecule has 0 saturated carbocycles. The van der Waals surface area contributed by atoms with E-state index in [2.05, 4.69) is 67.9 Å². The van der Waals surface area contributed by atoms with Crippen molar-refractivity contribution >= 4 is 12.0 Å². The van der Waals surface area contributed by atoms with Gasteiger partial charge in [0, 0.05) is 17.9 Å². The van der Waals surface area contributed by atoms with E-state index >= 15 is 0 Å². The highest BCUT2D eigenvalue weighted by Gasteiger charge is 2.16. The summed E-state index contributed by atoms with van der Waals surface area (Å²) in [6.45, 7) is 11.0. The summed E-state index contributed by atoms with van der Waals surface area (Å²) in [4.78, 5) is 12.6. The molecule has 0 atom stereocenters. The lowest BCUT2D eigenvalue weighted by atomic mass is 10.0. The summed E-state index contributed by atoms with van der Waals surface area (Å²) >= 11 is 0. The Hall–Kier alpha value is -3.58. The summed E-state index contributed by atoms with van der Waals surface area (Å²) in [5, 5.41) is 12.5. The third-order valence-corrected chi connectivity index (χ3v) is 5.76. The minimum Gasteiger partial charge on any atom is -0.351 e. The summed E-state index contributed by atoms with van der Waals surface area (Å²) in [6, 6.07) is 18.7. The van der Waals surface area contributed by atoms with Crippen LogP contribution in [-0.2, 0) is 11.2 Å². The molecule has 0 spiro atoms. The predicted molar refractivity (Wildman–Crippen MR) is 131 cm³/mol. The van der Waals surface area contributed by atoms with E-state index in [0.717, 1.165) is 35.5 Å². The number of carbonyl (C=O) groups excluding carboxylic acids is 1. The van der Waals surface area contributed by atoms with Crippen LogP contribution in [0.3, 0.4) is 0 Å². The topological polar surface area (TPSA) is 57.8 Å². The summed E-state index contributed by atoms with van der Waals surface area (Å²) in [7, 11) is 0. The van der Waals surface area contributed by atoms with Gasteiger partial charge in [0.1, 0.15) is 11.6 Å². The first-order valence-electron chi connectivity index (χ1n) is 11.0. The molecule has 3 aromatic rings. The van der Waals surface area contributed by atoms with Crippen molar-refractivity contribution < 1.29 is 4.79 Å². The van der Waals surface area contributed by atoms with E-state index in [1.165, 1.54) is 22.3 Å². The van der Waals surface area contributed by atoms with Crippen LogP contribution < -0.4 is 5.32 Å². The lowest BCUT2D eigenvalue weighted by Crippen LogP contribution is -2.25. The van der Waals surface area contributed by atoms with Crippen LogP contribution in [0.2, 0.25) is 0 Å². The molecule has 0 unspecified atom stereocenters. The second kappa shape index (κ2) is 10.2. The average molecular weight is 426 g/mol. The van der Waals surface area contributed by atoms with Crippen molar-refractivity contribution in [1.82, 2.24) is 9.88 Å². The Kier molecular flexibility index (Phi) is 7.33. The molecule has 3 rings (SSSR count). The molecular weight excluding hydrogens is 394 g/mol. The van der Waals surface area contributed by atoms with Crippen molar-refractivity contribution in [1.29, 1.82) is 5.26 Å². The fraction of sp³-hybridized carbons (Fsp3) is 0.286. The molecule has 0 aliphatic heterocycles. The maximum atomic E-state index is 12.6. The standard InChI is InChI=1S/C28H31N3O/c1-19-14-20(2)27(21(3)15-19)31-22(4)16-25(23(31)5)17-26(18-29)28(32)30-13-9-12-24-10-7-6-8-11-24/h6-8,10-11,14-17H,9,12-13H2,1-5H3,(H,30,32)/b26-17-. The first-order valence-corrected chi connectivity index (χ1v) is 11.0. The van der Waals surface area contributed by atoms with E-state index in [1.807, 2.05) is 31.2 Å². The van der Waals surface area contributed by atoms with Gasteiger partial charge in [-0.25, -0.2) is 0 Å². The molecule has 1 aromatic heterocycles. The van der Waals surface area contributed by atoms with Gasteiger partial charge in [0.2, 0.25) is 0 Å². The average Bonchev–Trinajstić information content (AvgIpc) is 3.02. The lowest BCUT2D eigenvalue weighted by Gasteiger charge is -2.17. The fourth-order valence-electron chi connectivity index (χ4n) is 4.34. The first kappa shape index (κ1) is 23.1. The van der Waals surface area contributed by atoms with Gasteiger partial charge >= 0.3 is 0 Å². The van der Waals surface area contributed by atoms with Crippen molar-refractivity contribution in [3.8, 4) is 11.8 Å². The van der Waals surface area contributed by atoms with Crippen molar-refractivity contribution in [2.75, 3.05) is 6.54 Å². The van der Waals surface area contributed by atoms with Crippen LogP contribution in [0.15, 0.2) is 54.1 Å².